The van der Waals surface area contributed by atoms with Gasteiger partial charge in [-0.2, -0.15) is 0 Å². The number of hydrogen-bond acceptors (Lipinski definition) is 5. The van der Waals surface area contributed by atoms with Crippen molar-refractivity contribution in [2.45, 2.75) is 64.6 Å². The number of aromatic amines is 1. The highest BCUT2D eigenvalue weighted by Crippen LogP contribution is 2.30. The van der Waals surface area contributed by atoms with Gasteiger partial charge in [-0.3, -0.25) is 24.0 Å². The summed E-state index contributed by atoms with van der Waals surface area (Å²) in [6.45, 7) is 2.88. The van der Waals surface area contributed by atoms with Crippen LogP contribution in [-0.4, -0.2) is 40.0 Å². The van der Waals surface area contributed by atoms with Crippen LogP contribution in [0.25, 0.3) is 0 Å². The molecule has 1 aromatic heterocycles. The monoisotopic (exact) mass is 495 g/mol. The summed E-state index contributed by atoms with van der Waals surface area (Å²) in [4.78, 5) is 44.4. The molecule has 0 unspecified atom stereocenters. The number of aromatic nitrogens is 2. The molecule has 1 heterocycles. The summed E-state index contributed by atoms with van der Waals surface area (Å²) in [5.74, 6) is -0.201. The second-order valence-corrected chi connectivity index (χ2v) is 9.45. The molecule has 0 saturated heterocycles. The predicted octanol–water partition coefficient (Wildman–Crippen LogP) is 3.63. The Morgan fingerprint density at radius 2 is 1.94 bits per heavy atom. The molecule has 3 rings (SSSR count). The van der Waals surface area contributed by atoms with E-state index in [0.29, 0.717) is 23.1 Å². The number of hydrogen-bond donors (Lipinski definition) is 2. The van der Waals surface area contributed by atoms with Crippen LogP contribution >= 0.6 is 23.2 Å². The number of nitrogens with two attached hydrogens (primary N) is 1. The number of unbranched alkanes of at least 4 members (excludes halogenated alkanes) is 1. The summed E-state index contributed by atoms with van der Waals surface area (Å²) in [7, 11) is 1.81. The van der Waals surface area contributed by atoms with Crippen molar-refractivity contribution >= 4 is 40.6 Å². The number of halogens is 2. The van der Waals surface area contributed by atoms with E-state index in [0.717, 1.165) is 44.1 Å². The van der Waals surface area contributed by atoms with Gasteiger partial charge in [-0.1, -0.05) is 55.5 Å². The van der Waals surface area contributed by atoms with E-state index < -0.39 is 11.2 Å². The second-order valence-electron chi connectivity index (χ2n) is 8.61. The van der Waals surface area contributed by atoms with E-state index in [-0.39, 0.29) is 30.0 Å². The van der Waals surface area contributed by atoms with Crippen LogP contribution in [0.1, 0.15) is 51.0 Å². The molecular weight excluding hydrogens is 465 g/mol. The van der Waals surface area contributed by atoms with Crippen molar-refractivity contribution in [3.63, 3.8) is 0 Å². The van der Waals surface area contributed by atoms with E-state index in [1.54, 1.807) is 12.1 Å². The van der Waals surface area contributed by atoms with Gasteiger partial charge in [-0.05, 0) is 44.0 Å². The number of carbonyl (C=O) groups excluding carboxylic acids is 1. The second kappa shape index (κ2) is 11.2. The fraction of sp³-hybridized carbons (Fsp3) is 0.522. The summed E-state index contributed by atoms with van der Waals surface area (Å²) in [5.41, 5.74) is 6.05. The van der Waals surface area contributed by atoms with E-state index in [9.17, 15) is 14.4 Å². The van der Waals surface area contributed by atoms with Gasteiger partial charge >= 0.3 is 5.69 Å². The van der Waals surface area contributed by atoms with E-state index in [1.165, 1.54) is 9.47 Å². The maximum absolute atomic E-state index is 13.5. The lowest BCUT2D eigenvalue weighted by molar-refractivity contribution is -0.120. The van der Waals surface area contributed by atoms with E-state index in [2.05, 4.69) is 4.98 Å². The Kier molecular flexibility index (Phi) is 8.62. The molecule has 1 saturated carbocycles. The van der Waals surface area contributed by atoms with Gasteiger partial charge in [0.2, 0.25) is 5.91 Å². The molecule has 180 valence electrons. The molecule has 2 aromatic rings. The van der Waals surface area contributed by atoms with Gasteiger partial charge in [0, 0.05) is 29.2 Å². The first-order chi connectivity index (χ1) is 15.7. The average Bonchev–Trinajstić information content (AvgIpc) is 3.27. The van der Waals surface area contributed by atoms with E-state index >= 15 is 0 Å². The summed E-state index contributed by atoms with van der Waals surface area (Å²) in [6.07, 6.45) is 5.11. The molecule has 1 aromatic carbocycles. The fourth-order valence-electron chi connectivity index (χ4n) is 4.33. The van der Waals surface area contributed by atoms with Crippen LogP contribution in [0, 0.1) is 0 Å². The maximum Gasteiger partial charge on any atom is 0.330 e. The minimum absolute atomic E-state index is 0.0425. The summed E-state index contributed by atoms with van der Waals surface area (Å²) < 4.78 is 1.35. The van der Waals surface area contributed by atoms with Crippen LogP contribution in [0.5, 0.6) is 0 Å². The van der Waals surface area contributed by atoms with Crippen molar-refractivity contribution in [3.05, 3.63) is 54.6 Å². The van der Waals surface area contributed by atoms with E-state index in [4.69, 9.17) is 28.9 Å². The maximum atomic E-state index is 13.5. The quantitative estimate of drug-likeness (QED) is 0.552. The number of H-pyrrole nitrogens is 1. The number of rotatable bonds is 9. The van der Waals surface area contributed by atoms with Gasteiger partial charge in [0.1, 0.15) is 5.82 Å². The fourth-order valence-corrected chi connectivity index (χ4v) is 4.79. The van der Waals surface area contributed by atoms with E-state index in [1.807, 2.05) is 24.9 Å². The molecule has 0 radical (unpaired) electrons. The molecule has 0 spiro atoms. The average molecular weight is 496 g/mol. The van der Waals surface area contributed by atoms with Crippen molar-refractivity contribution in [1.29, 1.82) is 0 Å². The largest absolute Gasteiger partial charge is 0.383 e. The smallest absolute Gasteiger partial charge is 0.330 e. The molecule has 1 aliphatic rings. The summed E-state index contributed by atoms with van der Waals surface area (Å²) in [5, 5.41) is 1.07. The molecule has 0 atom stereocenters. The molecule has 8 nitrogen and oxygen atoms in total. The van der Waals surface area contributed by atoms with Crippen molar-refractivity contribution in [2.75, 3.05) is 24.2 Å². The first-order valence-electron chi connectivity index (χ1n) is 11.3. The van der Waals surface area contributed by atoms with Crippen molar-refractivity contribution in [3.8, 4) is 0 Å². The Hall–Kier alpha value is -2.29. The van der Waals surface area contributed by atoms with Crippen LogP contribution in [0.3, 0.4) is 0 Å². The Labute approximate surface area is 203 Å². The van der Waals surface area contributed by atoms with Crippen molar-refractivity contribution in [2.24, 2.45) is 0 Å². The molecule has 3 N–H and O–H groups in total. The van der Waals surface area contributed by atoms with Crippen LogP contribution in [0.2, 0.25) is 10.0 Å². The Bertz CT molecular complexity index is 1110. The molecule has 10 heteroatoms. The van der Waals surface area contributed by atoms with Gasteiger partial charge in [0.15, 0.2) is 5.69 Å². The third kappa shape index (κ3) is 5.99. The predicted molar refractivity (Wildman–Crippen MR) is 133 cm³/mol. The minimum atomic E-state index is -0.631. The number of nitrogen functional groups attached to an aromatic ring is 1. The zero-order valence-corrected chi connectivity index (χ0v) is 20.6. The Morgan fingerprint density at radius 3 is 2.58 bits per heavy atom. The minimum Gasteiger partial charge on any atom is -0.383 e. The first-order valence-corrected chi connectivity index (χ1v) is 12.1. The molecule has 0 bridgehead atoms. The van der Waals surface area contributed by atoms with Gasteiger partial charge in [-0.25, -0.2) is 4.79 Å². The Balaban J connectivity index is 1.91. The van der Waals surface area contributed by atoms with Crippen LogP contribution in [-0.2, 0) is 17.9 Å². The van der Waals surface area contributed by atoms with Gasteiger partial charge < -0.3 is 10.6 Å². The lowest BCUT2D eigenvalue weighted by Crippen LogP contribution is -2.48. The zero-order chi connectivity index (χ0) is 24.1. The number of anilines is 2. The lowest BCUT2D eigenvalue weighted by Gasteiger charge is -2.31. The third-order valence-electron chi connectivity index (χ3n) is 6.01. The number of amides is 1. The number of carbonyl (C=O) groups is 1. The molecule has 1 fully saturated rings. The third-order valence-corrected chi connectivity index (χ3v) is 6.60. The van der Waals surface area contributed by atoms with Gasteiger partial charge in [0.25, 0.3) is 5.56 Å². The highest BCUT2D eigenvalue weighted by Gasteiger charge is 2.33. The Morgan fingerprint density at radius 1 is 1.24 bits per heavy atom. The van der Waals surface area contributed by atoms with Gasteiger partial charge in [-0.15, -0.1) is 0 Å². The lowest BCUT2D eigenvalue weighted by atomic mass is 10.1. The molecule has 1 amide bonds. The number of benzene rings is 1. The highest BCUT2D eigenvalue weighted by atomic mass is 35.5. The van der Waals surface area contributed by atoms with Crippen LogP contribution < -0.4 is 21.9 Å². The molecular formula is C23H31Cl2N5O3. The molecule has 0 aliphatic heterocycles. The standard InChI is InChI=1S/C23H31Cl2N5O3/c1-3-4-11-29-21(26)20(22(32)27-23(29)33)30(17-7-5-6-8-17)19(31)14-28(2)13-15-9-10-16(24)12-18(15)25/h9-10,12,17H,3-8,11,13-14,26H2,1-2H3,(H,27,32,33). The van der Waals surface area contributed by atoms with Crippen LogP contribution in [0.15, 0.2) is 27.8 Å². The zero-order valence-electron chi connectivity index (χ0n) is 19.1. The topological polar surface area (TPSA) is 104 Å². The first kappa shape index (κ1) is 25.3. The SMILES string of the molecule is CCCCn1c(N)c(N(C(=O)CN(C)Cc2ccc(Cl)cc2Cl)C2CCCC2)c(=O)[nH]c1=O. The van der Waals surface area contributed by atoms with Gasteiger partial charge in [0.05, 0.1) is 6.54 Å². The summed E-state index contributed by atoms with van der Waals surface area (Å²) in [6, 6.07) is 5.11. The number of nitrogens with one attached hydrogen (secondary N) is 1. The number of nitrogens with zero attached hydrogens (tertiary/aromatic N) is 3. The van der Waals surface area contributed by atoms with Crippen LogP contribution in [0.4, 0.5) is 11.5 Å². The van der Waals surface area contributed by atoms with Crippen molar-refractivity contribution in [1.82, 2.24) is 14.5 Å². The molecule has 33 heavy (non-hydrogen) atoms. The highest BCUT2D eigenvalue weighted by molar-refractivity contribution is 6.35. The van der Waals surface area contributed by atoms with Crippen molar-refractivity contribution < 1.29 is 4.79 Å². The molecule has 1 aliphatic carbocycles. The normalized spacial score (nSPS) is 14.2. The number of likely N-dealkylation sites (N-methyl/N-ethyl adjacent to an activating group) is 1. The summed E-state index contributed by atoms with van der Waals surface area (Å²) >= 11 is 12.3.